The van der Waals surface area contributed by atoms with Gasteiger partial charge in [0.05, 0.1) is 6.04 Å². The molecule has 0 aliphatic carbocycles. The molecule has 182 valence electrons. The summed E-state index contributed by atoms with van der Waals surface area (Å²) in [6.07, 6.45) is 0.641. The Balaban J connectivity index is 1.33. The van der Waals surface area contributed by atoms with Crippen molar-refractivity contribution in [2.45, 2.75) is 31.3 Å². The minimum absolute atomic E-state index is 0.320. The molecule has 0 radical (unpaired) electrons. The lowest BCUT2D eigenvalue weighted by Gasteiger charge is -2.27. The standard InChI is InChI=1S/C29H27N3O4/c1-20(25-16-23-14-8-9-15-24(23)36-25)30-26(33)19-32-27(34)29(31-28(32)35,17-21-10-4-2-5-11-21)18-22-12-6-3-7-13-22/h2-16,20H,17-19H2,1H3,(H,30,33)(H,31,35)/t20-/m1/s1. The number of hydrogen-bond donors (Lipinski definition) is 2. The van der Waals surface area contributed by atoms with E-state index in [4.69, 9.17) is 4.42 Å². The molecule has 3 aromatic carbocycles. The number of urea groups is 1. The normalized spacial score (nSPS) is 15.6. The van der Waals surface area contributed by atoms with E-state index in [2.05, 4.69) is 10.6 Å². The molecule has 1 saturated heterocycles. The highest BCUT2D eigenvalue weighted by Crippen LogP contribution is 2.28. The fourth-order valence-electron chi connectivity index (χ4n) is 4.73. The molecule has 4 amide bonds. The number of nitrogens with one attached hydrogen (secondary N) is 2. The van der Waals surface area contributed by atoms with Crippen LogP contribution < -0.4 is 10.6 Å². The van der Waals surface area contributed by atoms with Crippen molar-refractivity contribution in [1.82, 2.24) is 15.5 Å². The van der Waals surface area contributed by atoms with E-state index < -0.39 is 29.4 Å². The topological polar surface area (TPSA) is 91.7 Å². The van der Waals surface area contributed by atoms with E-state index in [9.17, 15) is 14.4 Å². The number of rotatable bonds is 8. The lowest BCUT2D eigenvalue weighted by atomic mass is 9.84. The number of amides is 4. The number of hydrogen-bond acceptors (Lipinski definition) is 4. The van der Waals surface area contributed by atoms with Gasteiger partial charge in [-0.3, -0.25) is 14.5 Å². The first-order valence-electron chi connectivity index (χ1n) is 11.9. The first-order chi connectivity index (χ1) is 17.4. The van der Waals surface area contributed by atoms with Crippen LogP contribution in [0, 0.1) is 0 Å². The monoisotopic (exact) mass is 481 g/mol. The molecule has 1 aliphatic rings. The average molecular weight is 482 g/mol. The van der Waals surface area contributed by atoms with Gasteiger partial charge in [-0.1, -0.05) is 78.9 Å². The lowest BCUT2D eigenvalue weighted by Crippen LogP contribution is -2.51. The fraction of sp³-hybridized carbons (Fsp3) is 0.207. The Bertz CT molecular complexity index is 1320. The summed E-state index contributed by atoms with van der Waals surface area (Å²) < 4.78 is 5.83. The van der Waals surface area contributed by atoms with Crippen molar-refractivity contribution in [2.75, 3.05) is 6.54 Å². The Kier molecular flexibility index (Phi) is 6.29. The number of carbonyl (C=O) groups excluding carboxylic acids is 3. The Morgan fingerprint density at radius 1 is 0.917 bits per heavy atom. The summed E-state index contributed by atoms with van der Waals surface area (Å²) in [6, 6.07) is 27.6. The number of fused-ring (bicyclic) bond motifs is 1. The number of benzene rings is 3. The van der Waals surface area contributed by atoms with Crippen LogP contribution in [0.1, 0.15) is 29.9 Å². The molecule has 0 bridgehead atoms. The molecule has 1 fully saturated rings. The Morgan fingerprint density at radius 2 is 1.50 bits per heavy atom. The summed E-state index contributed by atoms with van der Waals surface area (Å²) >= 11 is 0. The molecule has 7 nitrogen and oxygen atoms in total. The van der Waals surface area contributed by atoms with Crippen molar-refractivity contribution in [1.29, 1.82) is 0 Å². The maximum absolute atomic E-state index is 13.7. The second-order valence-electron chi connectivity index (χ2n) is 9.20. The molecule has 1 aromatic heterocycles. The molecule has 1 atom stereocenters. The van der Waals surface area contributed by atoms with Gasteiger partial charge in [-0.2, -0.15) is 0 Å². The summed E-state index contributed by atoms with van der Waals surface area (Å²) in [6.45, 7) is 1.43. The summed E-state index contributed by atoms with van der Waals surface area (Å²) in [5.41, 5.74) is 1.40. The number of furan rings is 1. The molecule has 1 aliphatic heterocycles. The van der Waals surface area contributed by atoms with Crippen LogP contribution in [0.3, 0.4) is 0 Å². The second-order valence-corrected chi connectivity index (χ2v) is 9.20. The Labute approximate surface area is 209 Å². The molecular formula is C29H27N3O4. The van der Waals surface area contributed by atoms with Gasteiger partial charge < -0.3 is 15.1 Å². The van der Waals surface area contributed by atoms with Crippen molar-refractivity contribution in [3.05, 3.63) is 108 Å². The Hall–Kier alpha value is -4.39. The molecule has 2 heterocycles. The molecule has 7 heteroatoms. The highest BCUT2D eigenvalue weighted by Gasteiger charge is 2.51. The van der Waals surface area contributed by atoms with Crippen molar-refractivity contribution in [3.63, 3.8) is 0 Å². The zero-order chi connectivity index (χ0) is 25.1. The number of nitrogens with zero attached hydrogens (tertiary/aromatic N) is 1. The summed E-state index contributed by atoms with van der Waals surface area (Å²) in [7, 11) is 0. The zero-order valence-electron chi connectivity index (χ0n) is 19.9. The third-order valence-electron chi connectivity index (χ3n) is 6.49. The molecule has 0 saturated carbocycles. The van der Waals surface area contributed by atoms with Crippen LogP contribution in [0.15, 0.2) is 95.4 Å². The predicted molar refractivity (Wildman–Crippen MR) is 136 cm³/mol. The summed E-state index contributed by atoms with van der Waals surface area (Å²) in [5.74, 6) is -0.252. The molecule has 0 spiro atoms. The van der Waals surface area contributed by atoms with E-state index in [1.165, 1.54) is 0 Å². The third-order valence-corrected chi connectivity index (χ3v) is 6.49. The maximum atomic E-state index is 13.7. The lowest BCUT2D eigenvalue weighted by molar-refractivity contribution is -0.135. The fourth-order valence-corrected chi connectivity index (χ4v) is 4.73. The van der Waals surface area contributed by atoms with E-state index in [-0.39, 0.29) is 6.54 Å². The van der Waals surface area contributed by atoms with E-state index >= 15 is 0 Å². The first-order valence-corrected chi connectivity index (χ1v) is 11.9. The van der Waals surface area contributed by atoms with Crippen LogP contribution in [0.4, 0.5) is 4.79 Å². The zero-order valence-corrected chi connectivity index (χ0v) is 19.9. The minimum Gasteiger partial charge on any atom is -0.459 e. The van der Waals surface area contributed by atoms with E-state index in [1.54, 1.807) is 6.92 Å². The van der Waals surface area contributed by atoms with Crippen LogP contribution >= 0.6 is 0 Å². The smallest absolute Gasteiger partial charge is 0.325 e. The van der Waals surface area contributed by atoms with Gasteiger partial charge in [0, 0.05) is 18.2 Å². The van der Waals surface area contributed by atoms with Gasteiger partial charge in [0.2, 0.25) is 5.91 Å². The molecule has 4 aromatic rings. The van der Waals surface area contributed by atoms with Crippen molar-refractivity contribution in [3.8, 4) is 0 Å². The minimum atomic E-state index is -1.18. The van der Waals surface area contributed by atoms with Gasteiger partial charge >= 0.3 is 6.03 Å². The highest BCUT2D eigenvalue weighted by molar-refractivity contribution is 6.09. The number of para-hydroxylation sites is 1. The Morgan fingerprint density at radius 3 is 2.11 bits per heavy atom. The molecule has 5 rings (SSSR count). The van der Waals surface area contributed by atoms with E-state index in [0.29, 0.717) is 18.6 Å². The summed E-state index contributed by atoms with van der Waals surface area (Å²) in [5, 5.41) is 6.70. The van der Waals surface area contributed by atoms with Gasteiger partial charge in [0.1, 0.15) is 23.4 Å². The van der Waals surface area contributed by atoms with E-state index in [1.807, 2.05) is 91.0 Å². The third kappa shape index (κ3) is 4.73. The van der Waals surface area contributed by atoms with Gasteiger partial charge in [-0.15, -0.1) is 0 Å². The van der Waals surface area contributed by atoms with Crippen molar-refractivity contribution in [2.24, 2.45) is 0 Å². The number of imide groups is 1. The summed E-state index contributed by atoms with van der Waals surface area (Å²) in [4.78, 5) is 40.6. The van der Waals surface area contributed by atoms with E-state index in [0.717, 1.165) is 27.0 Å². The van der Waals surface area contributed by atoms with Crippen LogP contribution in [0.25, 0.3) is 11.0 Å². The largest absolute Gasteiger partial charge is 0.459 e. The molecule has 36 heavy (non-hydrogen) atoms. The van der Waals surface area contributed by atoms with Crippen molar-refractivity contribution < 1.29 is 18.8 Å². The quantitative estimate of drug-likeness (QED) is 0.365. The van der Waals surface area contributed by atoms with Crippen molar-refractivity contribution >= 4 is 28.8 Å². The van der Waals surface area contributed by atoms with Gasteiger partial charge in [0.15, 0.2) is 0 Å². The van der Waals surface area contributed by atoms with Gasteiger partial charge in [0.25, 0.3) is 5.91 Å². The van der Waals surface area contributed by atoms with Crippen LogP contribution in [0.5, 0.6) is 0 Å². The maximum Gasteiger partial charge on any atom is 0.325 e. The van der Waals surface area contributed by atoms with Gasteiger partial charge in [-0.05, 0) is 30.2 Å². The van der Waals surface area contributed by atoms with Crippen LogP contribution in [-0.2, 0) is 22.4 Å². The number of carbonyl (C=O) groups is 3. The highest BCUT2D eigenvalue weighted by atomic mass is 16.3. The van der Waals surface area contributed by atoms with Gasteiger partial charge in [-0.25, -0.2) is 4.79 Å². The second kappa shape index (κ2) is 9.70. The average Bonchev–Trinajstić information content (AvgIpc) is 3.41. The first kappa shape index (κ1) is 23.4. The predicted octanol–water partition coefficient (Wildman–Crippen LogP) is 4.39. The molecule has 2 N–H and O–H groups in total. The van der Waals surface area contributed by atoms with Crippen LogP contribution in [0.2, 0.25) is 0 Å². The molecule has 0 unspecified atom stereocenters. The van der Waals surface area contributed by atoms with Crippen LogP contribution in [-0.4, -0.2) is 34.8 Å². The SMILES string of the molecule is C[C@@H](NC(=O)CN1C(=O)NC(Cc2ccccc2)(Cc2ccccc2)C1=O)c1cc2ccccc2o1. The molecular weight excluding hydrogens is 454 g/mol.